The standard InChI is InChI=1S/C14H16FN3O2/c1-8-11(9(2)20-17-8)7-18(3)14(19)10-5-4-6-12(15)13(10)16/h4-6H,7,16H2,1-3H3. The van der Waals surface area contributed by atoms with E-state index in [9.17, 15) is 9.18 Å². The first-order chi connectivity index (χ1) is 9.41. The van der Waals surface area contributed by atoms with Crippen LogP contribution in [0.1, 0.15) is 27.4 Å². The molecule has 6 heteroatoms. The van der Waals surface area contributed by atoms with E-state index >= 15 is 0 Å². The Bertz CT molecular complexity index is 632. The Labute approximate surface area is 116 Å². The van der Waals surface area contributed by atoms with Crippen LogP contribution in [0.25, 0.3) is 0 Å². The van der Waals surface area contributed by atoms with Crippen LogP contribution in [-0.4, -0.2) is 23.0 Å². The van der Waals surface area contributed by atoms with Crippen molar-refractivity contribution in [3.63, 3.8) is 0 Å². The molecule has 1 aromatic heterocycles. The normalized spacial score (nSPS) is 10.6. The van der Waals surface area contributed by atoms with Crippen LogP contribution in [0.15, 0.2) is 22.7 Å². The van der Waals surface area contributed by atoms with Crippen LogP contribution in [0.4, 0.5) is 10.1 Å². The van der Waals surface area contributed by atoms with Gasteiger partial charge in [-0.25, -0.2) is 4.39 Å². The molecule has 0 fully saturated rings. The Balaban J connectivity index is 2.23. The van der Waals surface area contributed by atoms with Gasteiger partial charge in [0.15, 0.2) is 0 Å². The van der Waals surface area contributed by atoms with Crippen LogP contribution >= 0.6 is 0 Å². The van der Waals surface area contributed by atoms with Gasteiger partial charge in [-0.3, -0.25) is 4.79 Å². The van der Waals surface area contributed by atoms with Crippen molar-refractivity contribution in [1.82, 2.24) is 10.1 Å². The van der Waals surface area contributed by atoms with E-state index in [2.05, 4.69) is 5.16 Å². The van der Waals surface area contributed by atoms with Crippen LogP contribution in [0.5, 0.6) is 0 Å². The second kappa shape index (κ2) is 5.32. The van der Waals surface area contributed by atoms with Gasteiger partial charge in [0, 0.05) is 12.6 Å². The van der Waals surface area contributed by atoms with Gasteiger partial charge in [0.1, 0.15) is 11.6 Å². The van der Waals surface area contributed by atoms with Gasteiger partial charge in [-0.15, -0.1) is 0 Å². The van der Waals surface area contributed by atoms with Crippen molar-refractivity contribution in [3.8, 4) is 0 Å². The summed E-state index contributed by atoms with van der Waals surface area (Å²) in [6, 6.07) is 4.19. The summed E-state index contributed by atoms with van der Waals surface area (Å²) in [7, 11) is 1.62. The molecule has 0 atom stereocenters. The number of nitrogens with zero attached hydrogens (tertiary/aromatic N) is 2. The van der Waals surface area contributed by atoms with Gasteiger partial charge in [0.2, 0.25) is 0 Å². The van der Waals surface area contributed by atoms with Gasteiger partial charge in [-0.05, 0) is 26.0 Å². The van der Waals surface area contributed by atoms with E-state index in [1.807, 2.05) is 0 Å². The maximum Gasteiger partial charge on any atom is 0.256 e. The predicted octanol–water partition coefficient (Wildman–Crippen LogP) is 2.28. The molecule has 2 aromatic rings. The van der Waals surface area contributed by atoms with Gasteiger partial charge < -0.3 is 15.2 Å². The van der Waals surface area contributed by atoms with Crippen molar-refractivity contribution in [3.05, 3.63) is 46.6 Å². The maximum absolute atomic E-state index is 13.4. The summed E-state index contributed by atoms with van der Waals surface area (Å²) in [5.74, 6) is -0.280. The predicted molar refractivity (Wildman–Crippen MR) is 72.6 cm³/mol. The molecule has 0 saturated heterocycles. The van der Waals surface area contributed by atoms with Gasteiger partial charge in [0.25, 0.3) is 5.91 Å². The van der Waals surface area contributed by atoms with E-state index in [1.54, 1.807) is 20.9 Å². The third kappa shape index (κ3) is 2.49. The number of aromatic nitrogens is 1. The van der Waals surface area contributed by atoms with E-state index in [-0.39, 0.29) is 17.2 Å². The van der Waals surface area contributed by atoms with Crippen LogP contribution in [0.2, 0.25) is 0 Å². The third-order valence-electron chi connectivity index (χ3n) is 3.21. The van der Waals surface area contributed by atoms with Crippen molar-refractivity contribution in [2.45, 2.75) is 20.4 Å². The molecule has 0 aliphatic heterocycles. The average molecular weight is 277 g/mol. The molecule has 0 spiro atoms. The highest BCUT2D eigenvalue weighted by atomic mass is 19.1. The summed E-state index contributed by atoms with van der Waals surface area (Å²) in [6.45, 7) is 3.92. The van der Waals surface area contributed by atoms with E-state index in [0.717, 1.165) is 11.3 Å². The number of aryl methyl sites for hydroxylation is 2. The zero-order valence-corrected chi connectivity index (χ0v) is 11.6. The van der Waals surface area contributed by atoms with Crippen molar-refractivity contribution in [1.29, 1.82) is 0 Å². The van der Waals surface area contributed by atoms with Crippen LogP contribution in [-0.2, 0) is 6.54 Å². The van der Waals surface area contributed by atoms with Crippen molar-refractivity contribution >= 4 is 11.6 Å². The van der Waals surface area contributed by atoms with Crippen molar-refractivity contribution in [2.75, 3.05) is 12.8 Å². The fourth-order valence-electron chi connectivity index (χ4n) is 1.97. The molecule has 2 rings (SSSR count). The van der Waals surface area contributed by atoms with Crippen molar-refractivity contribution < 1.29 is 13.7 Å². The number of halogens is 1. The summed E-state index contributed by atoms with van der Waals surface area (Å²) < 4.78 is 18.4. The van der Waals surface area contributed by atoms with Gasteiger partial charge >= 0.3 is 0 Å². The number of carbonyl (C=O) groups is 1. The van der Waals surface area contributed by atoms with Gasteiger partial charge in [-0.1, -0.05) is 11.2 Å². The number of nitrogens with two attached hydrogens (primary N) is 1. The lowest BCUT2D eigenvalue weighted by Crippen LogP contribution is -2.27. The fourth-order valence-corrected chi connectivity index (χ4v) is 1.97. The molecule has 0 aliphatic rings. The number of carbonyl (C=O) groups excluding carboxylic acids is 1. The molecule has 1 heterocycles. The molecular formula is C14H16FN3O2. The van der Waals surface area contributed by atoms with E-state index in [1.165, 1.54) is 23.1 Å². The summed E-state index contributed by atoms with van der Waals surface area (Å²) >= 11 is 0. The van der Waals surface area contributed by atoms with Crippen LogP contribution < -0.4 is 5.73 Å². The quantitative estimate of drug-likeness (QED) is 0.874. The number of anilines is 1. The highest BCUT2D eigenvalue weighted by Gasteiger charge is 2.19. The molecule has 106 valence electrons. The van der Waals surface area contributed by atoms with E-state index < -0.39 is 5.82 Å². The number of nitrogen functional groups attached to an aromatic ring is 1. The van der Waals surface area contributed by atoms with E-state index in [4.69, 9.17) is 10.3 Å². The topological polar surface area (TPSA) is 72.4 Å². The molecular weight excluding hydrogens is 261 g/mol. The number of hydrogen-bond acceptors (Lipinski definition) is 4. The Morgan fingerprint density at radius 2 is 2.15 bits per heavy atom. The minimum atomic E-state index is -0.596. The van der Waals surface area contributed by atoms with Crippen LogP contribution in [0.3, 0.4) is 0 Å². The molecule has 0 saturated carbocycles. The Morgan fingerprint density at radius 1 is 1.45 bits per heavy atom. The first-order valence-corrected chi connectivity index (χ1v) is 6.13. The molecule has 0 aliphatic carbocycles. The minimum absolute atomic E-state index is 0.136. The zero-order valence-electron chi connectivity index (χ0n) is 11.6. The van der Waals surface area contributed by atoms with Gasteiger partial charge in [0.05, 0.1) is 23.5 Å². The molecule has 5 nitrogen and oxygen atoms in total. The SMILES string of the molecule is Cc1noc(C)c1CN(C)C(=O)c1cccc(F)c1N. The zero-order chi connectivity index (χ0) is 14.9. The summed E-state index contributed by atoms with van der Waals surface area (Å²) in [6.07, 6.45) is 0. The molecule has 0 bridgehead atoms. The number of rotatable bonds is 3. The average Bonchev–Trinajstić information content (AvgIpc) is 2.73. The smallest absolute Gasteiger partial charge is 0.256 e. The summed E-state index contributed by atoms with van der Waals surface area (Å²) in [4.78, 5) is 13.8. The third-order valence-corrected chi connectivity index (χ3v) is 3.21. The number of amides is 1. The Kier molecular flexibility index (Phi) is 3.74. The lowest BCUT2D eigenvalue weighted by Gasteiger charge is -2.18. The summed E-state index contributed by atoms with van der Waals surface area (Å²) in [5, 5.41) is 3.84. The Morgan fingerprint density at radius 3 is 2.75 bits per heavy atom. The molecule has 0 radical (unpaired) electrons. The lowest BCUT2D eigenvalue weighted by atomic mass is 10.1. The monoisotopic (exact) mass is 277 g/mol. The number of para-hydroxylation sites is 1. The molecule has 1 aromatic carbocycles. The second-order valence-electron chi connectivity index (χ2n) is 4.67. The fraction of sp³-hybridized carbons (Fsp3) is 0.286. The second-order valence-corrected chi connectivity index (χ2v) is 4.67. The first kappa shape index (κ1) is 14.0. The maximum atomic E-state index is 13.4. The molecule has 0 unspecified atom stereocenters. The minimum Gasteiger partial charge on any atom is -0.396 e. The summed E-state index contributed by atoms with van der Waals surface area (Å²) in [5.41, 5.74) is 7.19. The molecule has 20 heavy (non-hydrogen) atoms. The van der Waals surface area contributed by atoms with Gasteiger partial charge in [-0.2, -0.15) is 0 Å². The number of benzene rings is 1. The van der Waals surface area contributed by atoms with Crippen molar-refractivity contribution in [2.24, 2.45) is 0 Å². The highest BCUT2D eigenvalue weighted by molar-refractivity contribution is 5.99. The first-order valence-electron chi connectivity index (χ1n) is 6.13. The highest BCUT2D eigenvalue weighted by Crippen LogP contribution is 2.20. The molecule has 1 amide bonds. The molecule has 2 N–H and O–H groups in total. The van der Waals surface area contributed by atoms with Crippen LogP contribution in [0, 0.1) is 19.7 Å². The lowest BCUT2D eigenvalue weighted by molar-refractivity contribution is 0.0785. The Hall–Kier alpha value is -2.37. The largest absolute Gasteiger partial charge is 0.396 e. The van der Waals surface area contributed by atoms with E-state index in [0.29, 0.717) is 12.3 Å². The number of hydrogen-bond donors (Lipinski definition) is 1.